The molecule has 1 fully saturated rings. The number of likely N-dealkylation sites (tertiary alicyclic amines) is 1. The molecule has 1 aliphatic heterocycles. The summed E-state index contributed by atoms with van der Waals surface area (Å²) in [4.78, 5) is 21.3. The highest BCUT2D eigenvalue weighted by Gasteiger charge is 2.24. The number of piperidine rings is 1. The molecule has 1 saturated heterocycles. The molecule has 2 aromatic rings. The number of hydrogen-bond acceptors (Lipinski definition) is 4. The van der Waals surface area contributed by atoms with Crippen LogP contribution in [0.3, 0.4) is 0 Å². The highest BCUT2D eigenvalue weighted by molar-refractivity contribution is 5.94. The number of aromatic nitrogens is 1. The van der Waals surface area contributed by atoms with Crippen molar-refractivity contribution in [3.63, 3.8) is 0 Å². The van der Waals surface area contributed by atoms with E-state index in [4.69, 9.17) is 4.74 Å². The van der Waals surface area contributed by atoms with Gasteiger partial charge in [-0.05, 0) is 42.9 Å². The van der Waals surface area contributed by atoms with E-state index in [-0.39, 0.29) is 5.91 Å². The zero-order valence-electron chi connectivity index (χ0n) is 16.3. The van der Waals surface area contributed by atoms with Crippen molar-refractivity contribution in [2.45, 2.75) is 19.3 Å². The van der Waals surface area contributed by atoms with Crippen LogP contribution in [0.2, 0.25) is 0 Å². The van der Waals surface area contributed by atoms with E-state index in [1.54, 1.807) is 13.3 Å². The number of ether oxygens (including phenoxy) is 1. The summed E-state index contributed by atoms with van der Waals surface area (Å²) < 4.78 is 5.26. The molecular weight excluding hydrogens is 338 g/mol. The Morgan fingerprint density at radius 1 is 1.26 bits per heavy atom. The molecule has 1 aromatic carbocycles. The van der Waals surface area contributed by atoms with E-state index in [9.17, 15) is 4.79 Å². The van der Waals surface area contributed by atoms with Crippen LogP contribution in [-0.4, -0.2) is 56.2 Å². The fraction of sp³-hybridized carbons (Fsp3) is 0.455. The fourth-order valence-electron chi connectivity index (χ4n) is 3.60. The van der Waals surface area contributed by atoms with Crippen LogP contribution in [0.5, 0.6) is 0 Å². The van der Waals surface area contributed by atoms with Gasteiger partial charge in [0.1, 0.15) is 5.82 Å². The lowest BCUT2D eigenvalue weighted by Gasteiger charge is -2.32. The van der Waals surface area contributed by atoms with Crippen LogP contribution >= 0.6 is 0 Å². The smallest absolute Gasteiger partial charge is 0.255 e. The summed E-state index contributed by atoms with van der Waals surface area (Å²) >= 11 is 0. The predicted octanol–water partition coefficient (Wildman–Crippen LogP) is 3.26. The fourth-order valence-corrected chi connectivity index (χ4v) is 3.60. The summed E-state index contributed by atoms with van der Waals surface area (Å²) in [5.74, 6) is 1.39. The Balaban J connectivity index is 1.56. The summed E-state index contributed by atoms with van der Waals surface area (Å²) in [5, 5.41) is 0. The number of methoxy groups -OCH3 is 1. The van der Waals surface area contributed by atoms with Gasteiger partial charge in [-0.15, -0.1) is 0 Å². The molecule has 0 unspecified atom stereocenters. The topological polar surface area (TPSA) is 45.7 Å². The number of carbonyl (C=O) groups excluding carboxylic acids is 1. The number of nitrogens with zero attached hydrogens (tertiary/aromatic N) is 3. The summed E-state index contributed by atoms with van der Waals surface area (Å²) in [6.45, 7) is 3.19. The first-order valence-electron chi connectivity index (χ1n) is 9.66. The van der Waals surface area contributed by atoms with Gasteiger partial charge in [-0.25, -0.2) is 4.98 Å². The van der Waals surface area contributed by atoms with Crippen LogP contribution in [0.4, 0.5) is 5.82 Å². The SMILES string of the molecule is COC[C@@H]1CCCN(C(=O)c2ccc(N(C)CCc3ccccc3)nc2)C1. The zero-order chi connectivity index (χ0) is 19.1. The summed E-state index contributed by atoms with van der Waals surface area (Å²) in [6.07, 6.45) is 4.83. The van der Waals surface area contributed by atoms with Gasteiger partial charge in [0.25, 0.3) is 5.91 Å². The number of pyridine rings is 1. The van der Waals surface area contributed by atoms with Gasteiger partial charge in [-0.1, -0.05) is 30.3 Å². The van der Waals surface area contributed by atoms with Crippen LogP contribution in [-0.2, 0) is 11.2 Å². The minimum atomic E-state index is 0.0711. The van der Waals surface area contributed by atoms with Crippen molar-refractivity contribution in [1.82, 2.24) is 9.88 Å². The van der Waals surface area contributed by atoms with Crippen molar-refractivity contribution in [2.24, 2.45) is 5.92 Å². The number of benzene rings is 1. The third kappa shape index (κ3) is 5.30. The Morgan fingerprint density at radius 3 is 2.78 bits per heavy atom. The maximum absolute atomic E-state index is 12.8. The van der Waals surface area contributed by atoms with Crippen molar-refractivity contribution < 1.29 is 9.53 Å². The van der Waals surface area contributed by atoms with Gasteiger partial charge in [-0.2, -0.15) is 0 Å². The molecule has 5 nitrogen and oxygen atoms in total. The molecular formula is C22H29N3O2. The first-order chi connectivity index (χ1) is 13.2. The van der Waals surface area contributed by atoms with Crippen LogP contribution in [0.15, 0.2) is 48.7 Å². The maximum atomic E-state index is 12.8. The largest absolute Gasteiger partial charge is 0.384 e. The summed E-state index contributed by atoms with van der Waals surface area (Å²) in [7, 11) is 3.75. The monoisotopic (exact) mass is 367 g/mol. The molecule has 0 bridgehead atoms. The van der Waals surface area contributed by atoms with Gasteiger partial charge in [0.2, 0.25) is 0 Å². The molecule has 27 heavy (non-hydrogen) atoms. The average molecular weight is 367 g/mol. The third-order valence-corrected chi connectivity index (χ3v) is 5.17. The number of carbonyl (C=O) groups is 1. The second-order valence-electron chi connectivity index (χ2n) is 7.28. The first-order valence-corrected chi connectivity index (χ1v) is 9.66. The van der Waals surface area contributed by atoms with E-state index in [0.29, 0.717) is 18.1 Å². The number of rotatable bonds is 7. The lowest BCUT2D eigenvalue weighted by molar-refractivity contribution is 0.0570. The molecule has 0 spiro atoms. The predicted molar refractivity (Wildman–Crippen MR) is 108 cm³/mol. The lowest BCUT2D eigenvalue weighted by atomic mass is 9.98. The Morgan fingerprint density at radius 2 is 2.07 bits per heavy atom. The Kier molecular flexibility index (Phi) is 6.82. The van der Waals surface area contributed by atoms with Crippen molar-refractivity contribution in [1.29, 1.82) is 0 Å². The van der Waals surface area contributed by atoms with E-state index in [1.165, 1.54) is 5.56 Å². The molecule has 1 aliphatic rings. The number of amides is 1. The van der Waals surface area contributed by atoms with Crippen molar-refractivity contribution in [2.75, 3.05) is 45.3 Å². The highest BCUT2D eigenvalue weighted by atomic mass is 16.5. The van der Waals surface area contributed by atoms with E-state index in [1.807, 2.05) is 30.1 Å². The van der Waals surface area contributed by atoms with Gasteiger partial charge in [0.05, 0.1) is 12.2 Å². The molecule has 0 radical (unpaired) electrons. The number of anilines is 1. The molecule has 5 heteroatoms. The minimum absolute atomic E-state index is 0.0711. The van der Waals surface area contributed by atoms with Crippen LogP contribution in [0, 0.1) is 5.92 Å². The zero-order valence-corrected chi connectivity index (χ0v) is 16.3. The molecule has 0 N–H and O–H groups in total. The molecule has 0 aliphatic carbocycles. The third-order valence-electron chi connectivity index (χ3n) is 5.17. The van der Waals surface area contributed by atoms with Crippen LogP contribution in [0.25, 0.3) is 0 Å². The molecule has 1 aromatic heterocycles. The number of hydrogen-bond donors (Lipinski definition) is 0. The van der Waals surface area contributed by atoms with Crippen LogP contribution in [0.1, 0.15) is 28.8 Å². The van der Waals surface area contributed by atoms with Crippen molar-refractivity contribution >= 4 is 11.7 Å². The minimum Gasteiger partial charge on any atom is -0.384 e. The van der Waals surface area contributed by atoms with Gasteiger partial charge in [0, 0.05) is 40.0 Å². The Labute approximate surface area is 162 Å². The van der Waals surface area contributed by atoms with Gasteiger partial charge in [0.15, 0.2) is 0 Å². The molecule has 144 valence electrons. The van der Waals surface area contributed by atoms with Gasteiger partial charge >= 0.3 is 0 Å². The average Bonchev–Trinajstić information content (AvgIpc) is 2.73. The Bertz CT molecular complexity index is 716. The van der Waals surface area contributed by atoms with Crippen molar-refractivity contribution in [3.8, 4) is 0 Å². The number of likely N-dealkylation sites (N-methyl/N-ethyl adjacent to an activating group) is 1. The van der Waals surface area contributed by atoms with E-state index in [0.717, 1.165) is 44.7 Å². The standard InChI is InChI=1S/C22H29N3O2/c1-24(14-12-18-7-4-3-5-8-18)21-11-10-20(15-23-21)22(26)25-13-6-9-19(16-25)17-27-2/h3-5,7-8,10-11,15,19H,6,9,12-14,16-17H2,1-2H3/t19-/m1/s1. The maximum Gasteiger partial charge on any atom is 0.255 e. The van der Waals surface area contributed by atoms with Crippen LogP contribution < -0.4 is 4.90 Å². The summed E-state index contributed by atoms with van der Waals surface area (Å²) in [5.41, 5.74) is 1.97. The van der Waals surface area contributed by atoms with Gasteiger partial charge < -0.3 is 14.5 Å². The second kappa shape index (κ2) is 9.51. The Hall–Kier alpha value is -2.40. The highest BCUT2D eigenvalue weighted by Crippen LogP contribution is 2.19. The van der Waals surface area contributed by atoms with E-state index < -0.39 is 0 Å². The quantitative estimate of drug-likeness (QED) is 0.754. The summed E-state index contributed by atoms with van der Waals surface area (Å²) in [6, 6.07) is 14.3. The molecule has 0 saturated carbocycles. The second-order valence-corrected chi connectivity index (χ2v) is 7.28. The molecule has 1 amide bonds. The molecule has 3 rings (SSSR count). The molecule has 2 heterocycles. The van der Waals surface area contributed by atoms with Gasteiger partial charge in [-0.3, -0.25) is 4.79 Å². The normalized spacial score (nSPS) is 17.0. The lowest BCUT2D eigenvalue weighted by Crippen LogP contribution is -2.41. The van der Waals surface area contributed by atoms with E-state index >= 15 is 0 Å². The molecule has 1 atom stereocenters. The van der Waals surface area contributed by atoms with Crippen molar-refractivity contribution in [3.05, 3.63) is 59.8 Å². The van der Waals surface area contributed by atoms with E-state index in [2.05, 4.69) is 34.1 Å². The first kappa shape index (κ1) is 19.4.